The third kappa shape index (κ3) is 1.63. The molecule has 14 heavy (non-hydrogen) atoms. The van der Waals surface area contributed by atoms with E-state index in [1.807, 2.05) is 42.5 Å². The van der Waals surface area contributed by atoms with Crippen molar-refractivity contribution in [1.82, 2.24) is 0 Å². The molecule has 0 N–H and O–H groups in total. The van der Waals surface area contributed by atoms with E-state index < -0.39 is 11.2 Å². The van der Waals surface area contributed by atoms with Crippen LogP contribution in [-0.4, -0.2) is 10.3 Å². The summed E-state index contributed by atoms with van der Waals surface area (Å²) in [5.41, 5.74) is 0. The molecule has 0 saturated heterocycles. The SMILES string of the molecule is [CH2]C[S+]([O-])c1cccc2ccccc12. The third-order valence-corrected chi connectivity index (χ3v) is 3.40. The summed E-state index contributed by atoms with van der Waals surface area (Å²) in [5, 5.41) is 2.20. The maximum atomic E-state index is 11.7. The molecule has 1 atom stereocenters. The van der Waals surface area contributed by atoms with Gasteiger partial charge in [-0.1, -0.05) is 30.3 Å². The molecule has 2 heteroatoms. The Bertz CT molecular complexity index is 434. The third-order valence-electron chi connectivity index (χ3n) is 2.18. The number of rotatable bonds is 2. The van der Waals surface area contributed by atoms with Crippen LogP contribution in [0.25, 0.3) is 10.8 Å². The molecule has 0 aliphatic heterocycles. The van der Waals surface area contributed by atoms with Crippen molar-refractivity contribution < 1.29 is 4.55 Å². The molecule has 0 bridgehead atoms. The zero-order valence-corrected chi connectivity index (χ0v) is 8.59. The van der Waals surface area contributed by atoms with Crippen LogP contribution in [0.3, 0.4) is 0 Å². The second kappa shape index (κ2) is 4.03. The van der Waals surface area contributed by atoms with Crippen molar-refractivity contribution in [2.24, 2.45) is 0 Å². The fraction of sp³-hybridized carbons (Fsp3) is 0.0833. The van der Waals surface area contributed by atoms with Gasteiger partial charge in [0.1, 0.15) is 5.75 Å². The van der Waals surface area contributed by atoms with E-state index in [-0.39, 0.29) is 0 Å². The predicted octanol–water partition coefficient (Wildman–Crippen LogP) is 2.78. The maximum absolute atomic E-state index is 11.7. The van der Waals surface area contributed by atoms with Gasteiger partial charge in [0.05, 0.1) is 0 Å². The molecular weight excluding hydrogens is 192 g/mol. The molecule has 0 spiro atoms. The first kappa shape index (κ1) is 9.56. The van der Waals surface area contributed by atoms with Gasteiger partial charge in [-0.15, -0.1) is 0 Å². The van der Waals surface area contributed by atoms with Crippen molar-refractivity contribution >= 4 is 21.9 Å². The van der Waals surface area contributed by atoms with Gasteiger partial charge in [-0.3, -0.25) is 0 Å². The van der Waals surface area contributed by atoms with Crippen LogP contribution in [0, 0.1) is 6.92 Å². The van der Waals surface area contributed by atoms with Gasteiger partial charge in [-0.25, -0.2) is 0 Å². The molecule has 2 rings (SSSR count). The van der Waals surface area contributed by atoms with Crippen LogP contribution in [0.4, 0.5) is 0 Å². The average Bonchev–Trinajstić information content (AvgIpc) is 2.27. The van der Waals surface area contributed by atoms with Crippen molar-refractivity contribution in [3.8, 4) is 0 Å². The summed E-state index contributed by atoms with van der Waals surface area (Å²) >= 11 is -0.976. The molecule has 1 unspecified atom stereocenters. The van der Waals surface area contributed by atoms with Gasteiger partial charge in [0.15, 0.2) is 4.90 Å². The van der Waals surface area contributed by atoms with Crippen molar-refractivity contribution in [3.05, 3.63) is 49.4 Å². The highest BCUT2D eigenvalue weighted by atomic mass is 32.2. The van der Waals surface area contributed by atoms with Crippen LogP contribution >= 0.6 is 0 Å². The van der Waals surface area contributed by atoms with Crippen LogP contribution in [0.15, 0.2) is 47.4 Å². The highest BCUT2D eigenvalue weighted by molar-refractivity contribution is 7.91. The molecule has 0 saturated carbocycles. The van der Waals surface area contributed by atoms with Gasteiger partial charge in [-0.05, 0) is 35.6 Å². The molecule has 2 aromatic carbocycles. The molecule has 0 aliphatic carbocycles. The van der Waals surface area contributed by atoms with E-state index in [4.69, 9.17) is 0 Å². The molecule has 1 radical (unpaired) electrons. The zero-order chi connectivity index (χ0) is 9.97. The van der Waals surface area contributed by atoms with Crippen LogP contribution in [0.2, 0.25) is 0 Å². The molecule has 1 nitrogen and oxygen atoms in total. The highest BCUT2D eigenvalue weighted by Gasteiger charge is 2.11. The summed E-state index contributed by atoms with van der Waals surface area (Å²) in [5.74, 6) is 0.425. The van der Waals surface area contributed by atoms with E-state index in [1.54, 1.807) is 0 Å². The zero-order valence-electron chi connectivity index (χ0n) is 7.77. The molecular formula is C12H11OS. The number of hydrogen-bond acceptors (Lipinski definition) is 1. The van der Waals surface area contributed by atoms with Gasteiger partial charge in [0, 0.05) is 5.39 Å². The molecule has 2 aromatic rings. The van der Waals surface area contributed by atoms with Crippen molar-refractivity contribution in [1.29, 1.82) is 0 Å². The molecule has 0 aliphatic rings. The number of benzene rings is 2. The minimum atomic E-state index is -0.976. The number of fused-ring (bicyclic) bond motifs is 1. The minimum absolute atomic E-state index is 0.425. The van der Waals surface area contributed by atoms with Gasteiger partial charge in [0.2, 0.25) is 0 Å². The second-order valence-corrected chi connectivity index (χ2v) is 4.57. The Labute approximate surface area is 86.9 Å². The summed E-state index contributed by atoms with van der Waals surface area (Å²) < 4.78 is 11.7. The van der Waals surface area contributed by atoms with Crippen LogP contribution in [-0.2, 0) is 11.2 Å². The van der Waals surface area contributed by atoms with E-state index in [2.05, 4.69) is 6.92 Å². The Morgan fingerprint density at radius 3 is 2.57 bits per heavy atom. The highest BCUT2D eigenvalue weighted by Crippen LogP contribution is 2.23. The molecule has 0 fully saturated rings. The Balaban J connectivity index is 2.65. The smallest absolute Gasteiger partial charge is 0.160 e. The molecule has 0 heterocycles. The van der Waals surface area contributed by atoms with E-state index in [0.717, 1.165) is 15.7 Å². The molecule has 71 valence electrons. The molecule has 0 amide bonds. The van der Waals surface area contributed by atoms with E-state index in [0.29, 0.717) is 5.75 Å². The lowest BCUT2D eigenvalue weighted by Gasteiger charge is -2.09. The van der Waals surface area contributed by atoms with Crippen molar-refractivity contribution in [2.45, 2.75) is 4.90 Å². The summed E-state index contributed by atoms with van der Waals surface area (Å²) in [6.45, 7) is 3.67. The second-order valence-electron chi connectivity index (χ2n) is 3.03. The lowest BCUT2D eigenvalue weighted by Crippen LogP contribution is -2.04. The van der Waals surface area contributed by atoms with Crippen molar-refractivity contribution in [3.63, 3.8) is 0 Å². The lowest BCUT2D eigenvalue weighted by atomic mass is 10.1. The summed E-state index contributed by atoms with van der Waals surface area (Å²) in [7, 11) is 0. The first-order chi connectivity index (χ1) is 6.83. The Hall–Kier alpha value is -0.990. The monoisotopic (exact) mass is 203 g/mol. The Morgan fingerprint density at radius 1 is 1.07 bits per heavy atom. The minimum Gasteiger partial charge on any atom is -0.611 e. The largest absolute Gasteiger partial charge is 0.611 e. The van der Waals surface area contributed by atoms with Gasteiger partial charge in [-0.2, -0.15) is 0 Å². The first-order valence-corrected chi connectivity index (χ1v) is 5.80. The predicted molar refractivity (Wildman–Crippen MR) is 60.6 cm³/mol. The van der Waals surface area contributed by atoms with Gasteiger partial charge in [0.25, 0.3) is 0 Å². The summed E-state index contributed by atoms with van der Waals surface area (Å²) in [6.07, 6.45) is 0. The standard InChI is InChI=1S/C12H11OS/c1-2-14(13)12-9-5-7-10-6-3-4-8-11(10)12/h3-9H,1-2H2. The summed E-state index contributed by atoms with van der Waals surface area (Å²) in [6, 6.07) is 13.8. The fourth-order valence-electron chi connectivity index (χ4n) is 1.50. The molecule has 0 aromatic heterocycles. The van der Waals surface area contributed by atoms with Crippen molar-refractivity contribution in [2.75, 3.05) is 5.75 Å². The van der Waals surface area contributed by atoms with Crippen LogP contribution in [0.5, 0.6) is 0 Å². The normalized spacial score (nSPS) is 13.0. The van der Waals surface area contributed by atoms with E-state index in [1.165, 1.54) is 0 Å². The fourth-order valence-corrected chi connectivity index (χ4v) is 2.39. The topological polar surface area (TPSA) is 23.1 Å². The average molecular weight is 203 g/mol. The first-order valence-electron chi connectivity index (χ1n) is 4.48. The van der Waals surface area contributed by atoms with Gasteiger partial charge >= 0.3 is 0 Å². The van der Waals surface area contributed by atoms with E-state index >= 15 is 0 Å². The number of hydrogen-bond donors (Lipinski definition) is 0. The van der Waals surface area contributed by atoms with Gasteiger partial charge < -0.3 is 4.55 Å². The quantitative estimate of drug-likeness (QED) is 0.688. The van der Waals surface area contributed by atoms with E-state index in [9.17, 15) is 4.55 Å². The van der Waals surface area contributed by atoms with Crippen LogP contribution in [0.1, 0.15) is 0 Å². The lowest BCUT2D eigenvalue weighted by molar-refractivity contribution is 0.598. The maximum Gasteiger partial charge on any atom is 0.160 e. The Morgan fingerprint density at radius 2 is 1.79 bits per heavy atom. The Kier molecular flexibility index (Phi) is 2.75. The van der Waals surface area contributed by atoms with Crippen LogP contribution < -0.4 is 0 Å². The summed E-state index contributed by atoms with van der Waals surface area (Å²) in [4.78, 5) is 0.887.